The Morgan fingerprint density at radius 3 is 2.50 bits per heavy atom. The van der Waals surface area contributed by atoms with E-state index in [1.165, 1.54) is 5.69 Å². The maximum Gasteiger partial charge on any atom is 0.239 e. The summed E-state index contributed by atoms with van der Waals surface area (Å²) < 4.78 is 0. The average Bonchev–Trinajstić information content (AvgIpc) is 2.79. The van der Waals surface area contributed by atoms with Gasteiger partial charge in [-0.1, -0.05) is 6.07 Å². The van der Waals surface area contributed by atoms with E-state index in [0.717, 1.165) is 44.8 Å². The summed E-state index contributed by atoms with van der Waals surface area (Å²) >= 11 is 0. The number of nitrogens with zero attached hydrogens (tertiary/aromatic N) is 3. The van der Waals surface area contributed by atoms with E-state index in [1.807, 2.05) is 30.1 Å². The van der Waals surface area contributed by atoms with Crippen LogP contribution in [0.1, 0.15) is 6.42 Å². The average molecular weight is 274 g/mol. The fourth-order valence-corrected chi connectivity index (χ4v) is 3.16. The number of likely N-dealkylation sites (tertiary alicyclic amines) is 1. The fourth-order valence-electron chi connectivity index (χ4n) is 3.16. The molecule has 0 radical (unpaired) electrons. The van der Waals surface area contributed by atoms with Crippen LogP contribution in [0.4, 0.5) is 11.4 Å². The van der Waals surface area contributed by atoms with E-state index >= 15 is 0 Å². The van der Waals surface area contributed by atoms with Crippen LogP contribution in [0.5, 0.6) is 0 Å². The van der Waals surface area contributed by atoms with Crippen molar-refractivity contribution in [2.24, 2.45) is 0 Å². The number of amides is 1. The lowest BCUT2D eigenvalue weighted by Gasteiger charge is -2.38. The Morgan fingerprint density at radius 2 is 1.90 bits per heavy atom. The van der Waals surface area contributed by atoms with Crippen molar-refractivity contribution >= 4 is 17.3 Å². The van der Waals surface area contributed by atoms with E-state index in [2.05, 4.69) is 15.9 Å². The summed E-state index contributed by atoms with van der Waals surface area (Å²) in [6.07, 6.45) is 0.966. The highest BCUT2D eigenvalue weighted by molar-refractivity contribution is 5.83. The molecule has 108 valence electrons. The van der Waals surface area contributed by atoms with Crippen molar-refractivity contribution in [3.05, 3.63) is 24.3 Å². The molecule has 0 spiro atoms. The van der Waals surface area contributed by atoms with Crippen LogP contribution < -0.4 is 10.6 Å². The van der Waals surface area contributed by atoms with Crippen molar-refractivity contribution < 1.29 is 4.79 Å². The van der Waals surface area contributed by atoms with Crippen LogP contribution in [0, 0.1) is 0 Å². The van der Waals surface area contributed by atoms with Crippen molar-refractivity contribution in [3.63, 3.8) is 0 Å². The van der Waals surface area contributed by atoms with Gasteiger partial charge >= 0.3 is 0 Å². The van der Waals surface area contributed by atoms with Gasteiger partial charge in [-0.15, -0.1) is 0 Å². The monoisotopic (exact) mass is 274 g/mol. The highest BCUT2D eigenvalue weighted by Crippen LogP contribution is 2.22. The second-order valence-corrected chi connectivity index (χ2v) is 5.68. The van der Waals surface area contributed by atoms with Crippen molar-refractivity contribution in [1.29, 1.82) is 0 Å². The van der Waals surface area contributed by atoms with Crippen molar-refractivity contribution in [1.82, 2.24) is 9.80 Å². The van der Waals surface area contributed by atoms with E-state index in [4.69, 9.17) is 5.73 Å². The fraction of sp³-hybridized carbons (Fsp3) is 0.533. The number of nitrogens with two attached hydrogens (primary N) is 1. The van der Waals surface area contributed by atoms with Crippen LogP contribution in [0.3, 0.4) is 0 Å². The molecule has 2 aliphatic rings. The predicted molar refractivity (Wildman–Crippen MR) is 80.7 cm³/mol. The number of carbonyl (C=O) groups is 1. The van der Waals surface area contributed by atoms with Gasteiger partial charge < -0.3 is 15.5 Å². The van der Waals surface area contributed by atoms with Crippen molar-refractivity contribution in [2.45, 2.75) is 12.5 Å². The highest BCUT2D eigenvalue weighted by atomic mass is 16.2. The minimum atomic E-state index is 0.1000. The number of piperazine rings is 1. The smallest absolute Gasteiger partial charge is 0.239 e. The first kappa shape index (κ1) is 13.2. The van der Waals surface area contributed by atoms with Crippen LogP contribution >= 0.6 is 0 Å². The topological polar surface area (TPSA) is 52.8 Å². The summed E-state index contributed by atoms with van der Waals surface area (Å²) in [7, 11) is 1.89. The van der Waals surface area contributed by atoms with Crippen LogP contribution in [0.15, 0.2) is 24.3 Å². The summed E-state index contributed by atoms with van der Waals surface area (Å²) in [5.41, 5.74) is 7.82. The summed E-state index contributed by atoms with van der Waals surface area (Å²) in [5, 5.41) is 0. The number of carbonyl (C=O) groups excluding carboxylic acids is 1. The lowest BCUT2D eigenvalue weighted by Crippen LogP contribution is -2.52. The van der Waals surface area contributed by atoms with Gasteiger partial charge in [0, 0.05) is 51.1 Å². The maximum absolute atomic E-state index is 12.1. The maximum atomic E-state index is 12.1. The second kappa shape index (κ2) is 5.32. The first-order chi connectivity index (χ1) is 9.65. The third-order valence-corrected chi connectivity index (χ3v) is 4.39. The standard InChI is InChI=1S/C15H22N4O/c1-17-6-5-14(15(17)20)19-9-7-18(8-10-19)13-4-2-3-12(16)11-13/h2-4,11,14H,5-10,16H2,1H3. The SMILES string of the molecule is CN1CCC(N2CCN(c3cccc(N)c3)CC2)C1=O. The molecule has 2 saturated heterocycles. The van der Waals surface area contributed by atoms with Gasteiger partial charge in [0.25, 0.3) is 0 Å². The lowest BCUT2D eigenvalue weighted by atomic mass is 10.1. The van der Waals surface area contributed by atoms with E-state index in [-0.39, 0.29) is 11.9 Å². The Balaban J connectivity index is 1.61. The molecular formula is C15H22N4O. The lowest BCUT2D eigenvalue weighted by molar-refractivity contribution is -0.131. The Labute approximate surface area is 119 Å². The molecule has 2 heterocycles. The molecule has 0 saturated carbocycles. The summed E-state index contributed by atoms with van der Waals surface area (Å²) in [5.74, 6) is 0.280. The minimum absolute atomic E-state index is 0.1000. The van der Waals surface area contributed by atoms with Gasteiger partial charge in [-0.05, 0) is 24.6 Å². The van der Waals surface area contributed by atoms with Gasteiger partial charge in [-0.2, -0.15) is 0 Å². The molecule has 0 bridgehead atoms. The zero-order valence-electron chi connectivity index (χ0n) is 12.0. The molecule has 0 aliphatic carbocycles. The first-order valence-electron chi connectivity index (χ1n) is 7.24. The molecular weight excluding hydrogens is 252 g/mol. The van der Waals surface area contributed by atoms with Gasteiger partial charge in [0.15, 0.2) is 0 Å². The van der Waals surface area contributed by atoms with Crippen molar-refractivity contribution in [3.8, 4) is 0 Å². The van der Waals surface area contributed by atoms with E-state index < -0.39 is 0 Å². The minimum Gasteiger partial charge on any atom is -0.399 e. The van der Waals surface area contributed by atoms with E-state index in [0.29, 0.717) is 0 Å². The molecule has 3 rings (SSSR count). The van der Waals surface area contributed by atoms with Crippen LogP contribution in [0.2, 0.25) is 0 Å². The van der Waals surface area contributed by atoms with E-state index in [1.54, 1.807) is 0 Å². The summed E-state index contributed by atoms with van der Waals surface area (Å²) in [4.78, 5) is 18.6. The Kier molecular flexibility index (Phi) is 3.53. The number of rotatable bonds is 2. The van der Waals surface area contributed by atoms with E-state index in [9.17, 15) is 4.79 Å². The van der Waals surface area contributed by atoms with Crippen molar-refractivity contribution in [2.75, 3.05) is 50.4 Å². The quantitative estimate of drug-likeness (QED) is 0.803. The second-order valence-electron chi connectivity index (χ2n) is 5.68. The van der Waals surface area contributed by atoms with Gasteiger partial charge in [0.2, 0.25) is 5.91 Å². The number of anilines is 2. The Bertz CT molecular complexity index is 496. The molecule has 20 heavy (non-hydrogen) atoms. The molecule has 1 atom stereocenters. The largest absolute Gasteiger partial charge is 0.399 e. The molecule has 2 fully saturated rings. The number of likely N-dealkylation sites (N-methyl/N-ethyl adjacent to an activating group) is 1. The number of hydrogen-bond acceptors (Lipinski definition) is 4. The Morgan fingerprint density at radius 1 is 1.15 bits per heavy atom. The highest BCUT2D eigenvalue weighted by Gasteiger charge is 2.35. The molecule has 1 aromatic carbocycles. The molecule has 2 N–H and O–H groups in total. The van der Waals surface area contributed by atoms with Gasteiger partial charge in [0.1, 0.15) is 0 Å². The molecule has 0 aromatic heterocycles. The van der Waals surface area contributed by atoms with Gasteiger partial charge in [-0.3, -0.25) is 9.69 Å². The number of nitrogen functional groups attached to an aromatic ring is 1. The van der Waals surface area contributed by atoms with Crippen LogP contribution in [-0.4, -0.2) is 61.5 Å². The first-order valence-corrected chi connectivity index (χ1v) is 7.24. The normalized spacial score (nSPS) is 24.4. The third-order valence-electron chi connectivity index (χ3n) is 4.39. The summed E-state index contributed by atoms with van der Waals surface area (Å²) in [6.45, 7) is 4.69. The van der Waals surface area contributed by atoms with Gasteiger partial charge in [-0.25, -0.2) is 0 Å². The molecule has 2 aliphatic heterocycles. The zero-order chi connectivity index (χ0) is 14.1. The molecule has 1 aromatic rings. The Hall–Kier alpha value is -1.75. The van der Waals surface area contributed by atoms with Gasteiger partial charge in [0.05, 0.1) is 6.04 Å². The number of hydrogen-bond donors (Lipinski definition) is 1. The number of benzene rings is 1. The molecule has 1 unspecified atom stereocenters. The third kappa shape index (κ3) is 2.45. The zero-order valence-corrected chi connectivity index (χ0v) is 12.0. The molecule has 1 amide bonds. The van der Waals surface area contributed by atoms with Crippen LogP contribution in [0.25, 0.3) is 0 Å². The summed E-state index contributed by atoms with van der Waals surface area (Å²) in [6, 6.07) is 8.12. The molecule has 5 nitrogen and oxygen atoms in total. The molecule has 5 heteroatoms. The predicted octanol–water partition coefficient (Wildman–Crippen LogP) is 0.621. The van der Waals surface area contributed by atoms with Crippen LogP contribution in [-0.2, 0) is 4.79 Å².